The summed E-state index contributed by atoms with van der Waals surface area (Å²) >= 11 is 1.53. The van der Waals surface area contributed by atoms with Crippen molar-refractivity contribution in [3.05, 3.63) is 52.7 Å². The van der Waals surface area contributed by atoms with Gasteiger partial charge < -0.3 is 9.64 Å². The third kappa shape index (κ3) is 3.34. The van der Waals surface area contributed by atoms with Crippen LogP contribution < -0.4 is 4.74 Å². The number of carbonyl (C=O) groups excluding carboxylic acids is 1. The highest BCUT2D eigenvalue weighted by Gasteiger charge is 2.11. The lowest BCUT2D eigenvalue weighted by Gasteiger charge is -2.16. The molecule has 0 radical (unpaired) electrons. The van der Waals surface area contributed by atoms with Gasteiger partial charge in [0.15, 0.2) is 0 Å². The van der Waals surface area contributed by atoms with Crippen molar-refractivity contribution in [3.8, 4) is 5.75 Å². The van der Waals surface area contributed by atoms with Crippen LogP contribution in [0.4, 0.5) is 0 Å². The maximum absolute atomic E-state index is 11.9. The molecule has 0 atom stereocenters. The number of thiophene rings is 1. The van der Waals surface area contributed by atoms with Crippen molar-refractivity contribution in [2.45, 2.75) is 0 Å². The van der Waals surface area contributed by atoms with Crippen LogP contribution in [0.3, 0.4) is 0 Å². The van der Waals surface area contributed by atoms with Gasteiger partial charge in [-0.1, -0.05) is 18.2 Å². The normalized spacial score (nSPS) is 10.1. The highest BCUT2D eigenvalue weighted by Crippen LogP contribution is 2.10. The smallest absolute Gasteiger partial charge is 0.254 e. The van der Waals surface area contributed by atoms with Crippen molar-refractivity contribution < 1.29 is 9.53 Å². The average molecular weight is 261 g/mol. The van der Waals surface area contributed by atoms with Gasteiger partial charge in [0.25, 0.3) is 5.91 Å². The molecule has 0 saturated carbocycles. The summed E-state index contributed by atoms with van der Waals surface area (Å²) in [5, 5.41) is 3.76. The van der Waals surface area contributed by atoms with E-state index in [4.69, 9.17) is 4.74 Å². The standard InChI is InChI=1S/C14H15NO2S/c1-15(14(16)12-7-10-18-11-12)8-9-17-13-5-3-2-4-6-13/h2-7,10-11H,8-9H2,1H3. The average Bonchev–Trinajstić information content (AvgIpc) is 2.93. The molecule has 0 fully saturated rings. The number of para-hydroxylation sites is 1. The Morgan fingerprint density at radius 3 is 2.72 bits per heavy atom. The van der Waals surface area contributed by atoms with Crippen LogP contribution in [-0.2, 0) is 0 Å². The number of benzene rings is 1. The fraction of sp³-hybridized carbons (Fsp3) is 0.214. The molecule has 0 unspecified atom stereocenters. The van der Waals surface area contributed by atoms with Gasteiger partial charge in [-0.2, -0.15) is 11.3 Å². The molecule has 4 heteroatoms. The van der Waals surface area contributed by atoms with Gasteiger partial charge in [0, 0.05) is 12.4 Å². The van der Waals surface area contributed by atoms with Gasteiger partial charge in [-0.15, -0.1) is 0 Å². The van der Waals surface area contributed by atoms with E-state index in [2.05, 4.69) is 0 Å². The van der Waals surface area contributed by atoms with Crippen LogP contribution in [-0.4, -0.2) is 31.0 Å². The quantitative estimate of drug-likeness (QED) is 0.828. The molecule has 94 valence electrons. The Labute approximate surface area is 111 Å². The zero-order valence-corrected chi connectivity index (χ0v) is 11.0. The van der Waals surface area contributed by atoms with Crippen LogP contribution in [0.15, 0.2) is 47.2 Å². The van der Waals surface area contributed by atoms with E-state index in [1.54, 1.807) is 11.9 Å². The van der Waals surface area contributed by atoms with Gasteiger partial charge in [0.2, 0.25) is 0 Å². The summed E-state index contributed by atoms with van der Waals surface area (Å²) in [6.07, 6.45) is 0. The third-order valence-corrected chi connectivity index (χ3v) is 3.24. The predicted octanol–water partition coefficient (Wildman–Crippen LogP) is 2.90. The Morgan fingerprint density at radius 2 is 2.06 bits per heavy atom. The first-order valence-corrected chi connectivity index (χ1v) is 6.67. The van der Waals surface area contributed by atoms with Gasteiger partial charge in [-0.3, -0.25) is 4.79 Å². The van der Waals surface area contributed by atoms with Crippen LogP contribution in [0.25, 0.3) is 0 Å². The molecule has 2 aromatic rings. The summed E-state index contributed by atoms with van der Waals surface area (Å²) in [5.41, 5.74) is 0.738. The van der Waals surface area contributed by atoms with E-state index in [1.807, 2.05) is 47.2 Å². The predicted molar refractivity (Wildman–Crippen MR) is 73.2 cm³/mol. The van der Waals surface area contributed by atoms with E-state index >= 15 is 0 Å². The number of carbonyl (C=O) groups is 1. The molecule has 0 saturated heterocycles. The monoisotopic (exact) mass is 261 g/mol. The Balaban J connectivity index is 1.79. The summed E-state index contributed by atoms with van der Waals surface area (Å²) in [4.78, 5) is 13.6. The molecule has 0 aliphatic heterocycles. The molecule has 1 amide bonds. The summed E-state index contributed by atoms with van der Waals surface area (Å²) in [6.45, 7) is 1.07. The summed E-state index contributed by atoms with van der Waals surface area (Å²) < 4.78 is 5.55. The molecule has 0 N–H and O–H groups in total. The van der Waals surface area contributed by atoms with E-state index in [-0.39, 0.29) is 5.91 Å². The van der Waals surface area contributed by atoms with Crippen LogP contribution in [0, 0.1) is 0 Å². The van der Waals surface area contributed by atoms with Gasteiger partial charge in [-0.05, 0) is 23.6 Å². The second-order valence-corrected chi connectivity index (χ2v) is 4.68. The molecule has 1 aromatic heterocycles. The Morgan fingerprint density at radius 1 is 1.28 bits per heavy atom. The molecule has 2 rings (SSSR count). The number of hydrogen-bond acceptors (Lipinski definition) is 3. The van der Waals surface area contributed by atoms with E-state index in [0.29, 0.717) is 13.2 Å². The number of likely N-dealkylation sites (N-methyl/N-ethyl adjacent to an activating group) is 1. The van der Waals surface area contributed by atoms with Crippen molar-refractivity contribution in [3.63, 3.8) is 0 Å². The van der Waals surface area contributed by atoms with Crippen molar-refractivity contribution in [1.29, 1.82) is 0 Å². The first-order valence-electron chi connectivity index (χ1n) is 5.73. The first-order chi connectivity index (χ1) is 8.77. The largest absolute Gasteiger partial charge is 0.492 e. The van der Waals surface area contributed by atoms with Crippen LogP contribution >= 0.6 is 11.3 Å². The van der Waals surface area contributed by atoms with E-state index in [0.717, 1.165) is 11.3 Å². The minimum absolute atomic E-state index is 0.0351. The van der Waals surface area contributed by atoms with Gasteiger partial charge in [-0.25, -0.2) is 0 Å². The van der Waals surface area contributed by atoms with Gasteiger partial charge in [0.1, 0.15) is 12.4 Å². The topological polar surface area (TPSA) is 29.5 Å². The molecule has 0 aliphatic rings. The first kappa shape index (κ1) is 12.6. The molecular weight excluding hydrogens is 246 g/mol. The SMILES string of the molecule is CN(CCOc1ccccc1)C(=O)c1ccsc1. The molecule has 0 bridgehead atoms. The molecule has 0 aliphatic carbocycles. The van der Waals surface area contributed by atoms with Crippen molar-refractivity contribution in [2.24, 2.45) is 0 Å². The second kappa shape index (κ2) is 6.21. The zero-order valence-electron chi connectivity index (χ0n) is 10.2. The lowest BCUT2D eigenvalue weighted by molar-refractivity contribution is 0.0774. The second-order valence-electron chi connectivity index (χ2n) is 3.90. The van der Waals surface area contributed by atoms with Crippen molar-refractivity contribution >= 4 is 17.2 Å². The maximum Gasteiger partial charge on any atom is 0.254 e. The number of ether oxygens (including phenoxy) is 1. The number of hydrogen-bond donors (Lipinski definition) is 0. The van der Waals surface area contributed by atoms with E-state index in [9.17, 15) is 4.79 Å². The lowest BCUT2D eigenvalue weighted by Crippen LogP contribution is -2.30. The minimum Gasteiger partial charge on any atom is -0.492 e. The van der Waals surface area contributed by atoms with E-state index < -0.39 is 0 Å². The van der Waals surface area contributed by atoms with Crippen molar-refractivity contribution in [1.82, 2.24) is 4.90 Å². The molecule has 1 heterocycles. The molecule has 3 nitrogen and oxygen atoms in total. The number of rotatable bonds is 5. The van der Waals surface area contributed by atoms with Crippen LogP contribution in [0.5, 0.6) is 5.75 Å². The zero-order chi connectivity index (χ0) is 12.8. The summed E-state index contributed by atoms with van der Waals surface area (Å²) in [5.74, 6) is 0.863. The molecule has 1 aromatic carbocycles. The van der Waals surface area contributed by atoms with E-state index in [1.165, 1.54) is 11.3 Å². The summed E-state index contributed by atoms with van der Waals surface area (Å²) in [7, 11) is 1.79. The Kier molecular flexibility index (Phi) is 4.36. The molecule has 0 spiro atoms. The van der Waals surface area contributed by atoms with Crippen LogP contribution in [0.1, 0.15) is 10.4 Å². The lowest BCUT2D eigenvalue weighted by atomic mass is 10.3. The minimum atomic E-state index is 0.0351. The fourth-order valence-electron chi connectivity index (χ4n) is 1.53. The highest BCUT2D eigenvalue weighted by molar-refractivity contribution is 7.08. The highest BCUT2D eigenvalue weighted by atomic mass is 32.1. The molecule has 18 heavy (non-hydrogen) atoms. The van der Waals surface area contributed by atoms with Gasteiger partial charge in [0.05, 0.1) is 12.1 Å². The maximum atomic E-state index is 11.9. The Hall–Kier alpha value is -1.81. The molecular formula is C14H15NO2S. The Bertz CT molecular complexity index is 482. The number of amides is 1. The summed E-state index contributed by atoms with van der Waals surface area (Å²) in [6, 6.07) is 11.4. The third-order valence-electron chi connectivity index (χ3n) is 2.55. The van der Waals surface area contributed by atoms with Crippen LogP contribution in [0.2, 0.25) is 0 Å². The fourth-order valence-corrected chi connectivity index (χ4v) is 2.15. The number of nitrogens with zero attached hydrogens (tertiary/aromatic N) is 1. The van der Waals surface area contributed by atoms with Gasteiger partial charge >= 0.3 is 0 Å². The van der Waals surface area contributed by atoms with Crippen molar-refractivity contribution in [2.75, 3.05) is 20.2 Å².